The summed E-state index contributed by atoms with van der Waals surface area (Å²) in [4.78, 5) is 12.9. The largest absolute Gasteiger partial charge is 0.744 e. The molecule has 0 saturated heterocycles. The second-order valence-corrected chi connectivity index (χ2v) is 17.6. The van der Waals surface area contributed by atoms with E-state index < -0.39 is 42.3 Å². The van der Waals surface area contributed by atoms with Crippen molar-refractivity contribution in [1.82, 2.24) is 4.58 Å². The Morgan fingerprint density at radius 1 is 0.917 bits per heavy atom. The zero-order chi connectivity index (χ0) is 43.5. The fraction of sp³-hybridized carbons (Fsp3) is 0.333. The van der Waals surface area contributed by atoms with Crippen LogP contribution in [0.25, 0.3) is 28.5 Å². The Hall–Kier alpha value is -5.16. The van der Waals surface area contributed by atoms with Crippen LogP contribution >= 0.6 is 0 Å². The third-order valence-electron chi connectivity index (χ3n) is 10.6. The lowest BCUT2D eigenvalue weighted by Crippen LogP contribution is -2.35. The molecule has 0 spiro atoms. The molecule has 2 aliphatic heterocycles. The maximum atomic E-state index is 12.0. The van der Waals surface area contributed by atoms with Crippen LogP contribution in [-0.2, 0) is 39.9 Å². The van der Waals surface area contributed by atoms with E-state index in [4.69, 9.17) is 13.9 Å². The van der Waals surface area contributed by atoms with Gasteiger partial charge in [0.25, 0.3) is 10.1 Å². The van der Waals surface area contributed by atoms with Gasteiger partial charge in [0.1, 0.15) is 34.9 Å². The molecule has 2 aromatic rings. The maximum absolute atomic E-state index is 12.0. The minimum absolute atomic E-state index is 0.0449. The number of nitrogens with zero attached hydrogens (tertiary/aromatic N) is 2. The van der Waals surface area contributed by atoms with Gasteiger partial charge < -0.3 is 28.5 Å². The molecule has 1 atom stereocenters. The van der Waals surface area contributed by atoms with Crippen LogP contribution in [0.4, 0.5) is 5.69 Å². The van der Waals surface area contributed by atoms with Gasteiger partial charge >= 0.3 is 5.97 Å². The summed E-state index contributed by atoms with van der Waals surface area (Å²) < 4.78 is 88.2. The average molecular weight is 861 g/mol. The molecule has 2 aromatic carbocycles. The number of methoxy groups -OCH3 is 2. The van der Waals surface area contributed by atoms with Crippen molar-refractivity contribution in [3.8, 4) is 22.5 Å². The Morgan fingerprint density at radius 2 is 1.60 bits per heavy atom. The molecule has 320 valence electrons. The molecule has 0 aromatic heterocycles. The highest BCUT2D eigenvalue weighted by molar-refractivity contribution is 7.86. The van der Waals surface area contributed by atoms with E-state index in [2.05, 4.69) is 28.8 Å². The van der Waals surface area contributed by atoms with Crippen LogP contribution in [0.15, 0.2) is 118 Å². The van der Waals surface area contributed by atoms with Crippen LogP contribution in [0.1, 0.15) is 49.5 Å². The molecule has 0 bridgehead atoms. The Kier molecular flexibility index (Phi) is 15.6. The molecule has 1 aliphatic carbocycles. The number of carboxylic acid groups (broad SMARTS) is 1. The van der Waals surface area contributed by atoms with Gasteiger partial charge in [0.05, 0.1) is 16.7 Å². The first-order valence-electron chi connectivity index (χ1n) is 19.5. The van der Waals surface area contributed by atoms with Crippen molar-refractivity contribution in [2.75, 3.05) is 57.7 Å². The Labute approximate surface area is 352 Å². The summed E-state index contributed by atoms with van der Waals surface area (Å²) in [5.74, 6) is -0.0955. The lowest BCUT2D eigenvalue weighted by molar-refractivity contribution is -0.137. The number of hydrogen-bond acceptors (Lipinski definition) is 10. The molecule has 1 unspecified atom stereocenters. The molecular formula is C45H52N2O11S2. The van der Waals surface area contributed by atoms with Gasteiger partial charge in [-0.3, -0.25) is 9.35 Å². The van der Waals surface area contributed by atoms with Crippen molar-refractivity contribution in [1.29, 1.82) is 0 Å². The van der Waals surface area contributed by atoms with E-state index >= 15 is 0 Å². The standard InChI is InChI=1S/C45H52N2O11S2/c1-33-40(58-41-31-35(46(26-28-56-3)27-29-57-4)20-22-37(41)44(33)34-15-9-8-10-16-34)17-11-6-5-7-12-18-42-45(2,24-13-19-43(48)49)38-32-36(60(53,54)55)21-23-39(38)47(42)25-14-30-59(50,51)52/h5-12,15-18,20-23,31-32H,13-14,19,24-30H2,1-4H3,(H2-,48,49,50,51,52,53,54,55). The smallest absolute Gasteiger partial charge is 0.303 e. The zero-order valence-electron chi connectivity index (χ0n) is 34.2. The SMILES string of the molecule is COCC[N+](CCOC)=c1ccc2c(-c3ccccc3)c(C)c(/C=C/C=C/C=C/C=C3/N(CCCS(=O)(=O)O)c4ccc(S(=O)(=O)[O-])cc4C3(C)CCCC(=O)O)oc-2c1. The van der Waals surface area contributed by atoms with Gasteiger partial charge in [0.2, 0.25) is 5.36 Å². The molecule has 0 fully saturated rings. The third-order valence-corrected chi connectivity index (χ3v) is 12.2. The first-order chi connectivity index (χ1) is 28.6. The minimum atomic E-state index is -4.81. The predicted molar refractivity (Wildman–Crippen MR) is 231 cm³/mol. The first-order valence-corrected chi connectivity index (χ1v) is 22.5. The number of allylic oxidation sites excluding steroid dienone is 7. The monoisotopic (exact) mass is 860 g/mol. The van der Waals surface area contributed by atoms with E-state index in [1.165, 1.54) is 18.2 Å². The van der Waals surface area contributed by atoms with Crippen LogP contribution in [-0.4, -0.2) is 89.8 Å². The lowest BCUT2D eigenvalue weighted by Gasteiger charge is -2.30. The minimum Gasteiger partial charge on any atom is -0.744 e. The number of aliphatic carboxylic acids is 1. The van der Waals surface area contributed by atoms with Gasteiger partial charge in [0, 0.05) is 61.2 Å². The number of anilines is 1. The number of ether oxygens (including phenoxy) is 2. The fourth-order valence-corrected chi connectivity index (χ4v) is 8.59. The lowest BCUT2D eigenvalue weighted by atomic mass is 9.77. The van der Waals surface area contributed by atoms with Gasteiger partial charge in [0.15, 0.2) is 13.1 Å². The van der Waals surface area contributed by atoms with Gasteiger partial charge in [-0.1, -0.05) is 60.7 Å². The molecule has 13 nitrogen and oxygen atoms in total. The maximum Gasteiger partial charge on any atom is 0.303 e. The topological polar surface area (TPSA) is 187 Å². The summed E-state index contributed by atoms with van der Waals surface area (Å²) in [5, 5.41) is 10.4. The summed E-state index contributed by atoms with van der Waals surface area (Å²) in [6.45, 7) is 6.48. The summed E-state index contributed by atoms with van der Waals surface area (Å²) in [5.41, 5.74) is 4.84. The molecule has 0 radical (unpaired) electrons. The summed E-state index contributed by atoms with van der Waals surface area (Å²) >= 11 is 0. The number of hydrogen-bond donors (Lipinski definition) is 2. The zero-order valence-corrected chi connectivity index (χ0v) is 35.9. The third kappa shape index (κ3) is 11.6. The number of carbonyl (C=O) groups is 1. The van der Waals surface area contributed by atoms with Crippen molar-refractivity contribution in [3.05, 3.63) is 131 Å². The molecule has 60 heavy (non-hydrogen) atoms. The number of fused-ring (bicyclic) bond motifs is 2. The van der Waals surface area contributed by atoms with E-state index in [1.54, 1.807) is 26.4 Å². The van der Waals surface area contributed by atoms with Crippen molar-refractivity contribution >= 4 is 38.0 Å². The highest BCUT2D eigenvalue weighted by Crippen LogP contribution is 2.51. The Morgan fingerprint density at radius 3 is 2.25 bits per heavy atom. The van der Waals surface area contributed by atoms with Gasteiger partial charge in [-0.25, -0.2) is 13.0 Å². The van der Waals surface area contributed by atoms with Crippen LogP contribution in [0.2, 0.25) is 0 Å². The molecule has 2 heterocycles. The quantitative estimate of drug-likeness (QED) is 0.0549. The highest BCUT2D eigenvalue weighted by Gasteiger charge is 2.43. The Bertz CT molecular complexity index is 2530. The van der Waals surface area contributed by atoms with Crippen LogP contribution < -0.4 is 14.8 Å². The molecule has 0 amide bonds. The second kappa shape index (κ2) is 20.4. The van der Waals surface area contributed by atoms with Crippen LogP contribution in [0.3, 0.4) is 0 Å². The van der Waals surface area contributed by atoms with Crippen LogP contribution in [0, 0.1) is 6.92 Å². The summed E-state index contributed by atoms with van der Waals surface area (Å²) in [6, 6.07) is 20.4. The van der Waals surface area contributed by atoms with Gasteiger partial charge in [-0.2, -0.15) is 8.42 Å². The van der Waals surface area contributed by atoms with E-state index in [1.807, 2.05) is 73.4 Å². The predicted octanol–water partition coefficient (Wildman–Crippen LogP) is 6.65. The number of benzene rings is 3. The average Bonchev–Trinajstić information content (AvgIpc) is 3.42. The summed E-state index contributed by atoms with van der Waals surface area (Å²) in [6.07, 6.45) is 13.3. The molecule has 2 N–H and O–H groups in total. The van der Waals surface area contributed by atoms with E-state index in [0.29, 0.717) is 55.4 Å². The van der Waals surface area contributed by atoms with Crippen molar-refractivity contribution in [2.24, 2.45) is 0 Å². The Balaban J connectivity index is 1.51. The van der Waals surface area contributed by atoms with Crippen molar-refractivity contribution in [3.63, 3.8) is 0 Å². The molecule has 0 saturated carbocycles. The van der Waals surface area contributed by atoms with Crippen molar-refractivity contribution in [2.45, 2.75) is 49.8 Å². The molecule has 5 rings (SSSR count). The molecule has 15 heteroatoms. The molecular weight excluding hydrogens is 809 g/mol. The van der Waals surface area contributed by atoms with Gasteiger partial charge in [-0.15, -0.1) is 0 Å². The first kappa shape index (κ1) is 45.9. The van der Waals surface area contributed by atoms with Crippen LogP contribution in [0.5, 0.6) is 0 Å². The van der Waals surface area contributed by atoms with Crippen molar-refractivity contribution < 1.29 is 49.7 Å². The van der Waals surface area contributed by atoms with Gasteiger partial charge in [-0.05, 0) is 86.2 Å². The van der Waals surface area contributed by atoms with E-state index in [0.717, 1.165) is 33.4 Å². The van der Waals surface area contributed by atoms with E-state index in [-0.39, 0.29) is 25.8 Å². The second-order valence-electron chi connectivity index (χ2n) is 14.7. The summed E-state index contributed by atoms with van der Waals surface area (Å²) in [7, 11) is -5.72. The highest BCUT2D eigenvalue weighted by atomic mass is 32.2. The molecule has 3 aliphatic rings. The number of rotatable bonds is 20. The fourth-order valence-electron chi connectivity index (χ4n) is 7.60. The van der Waals surface area contributed by atoms with E-state index in [9.17, 15) is 35.8 Å². The normalized spacial score (nSPS) is 16.6. The number of carboxylic acids is 1.